The number of ether oxygens (including phenoxy) is 2. The third-order valence-electron chi connectivity index (χ3n) is 4.07. The highest BCUT2D eigenvalue weighted by Gasteiger charge is 2.25. The van der Waals surface area contributed by atoms with Crippen molar-refractivity contribution in [2.45, 2.75) is 32.9 Å². The number of aldehydes is 1. The van der Waals surface area contributed by atoms with Crippen LogP contribution >= 0.6 is 0 Å². The van der Waals surface area contributed by atoms with Crippen LogP contribution in [-0.2, 0) is 11.3 Å². The van der Waals surface area contributed by atoms with Gasteiger partial charge in [0.05, 0.1) is 13.1 Å². The topological polar surface area (TPSA) is 55.8 Å². The first-order valence-electron chi connectivity index (χ1n) is 8.65. The molecule has 1 amide bonds. The van der Waals surface area contributed by atoms with Crippen LogP contribution in [0.5, 0.6) is 5.75 Å². The molecule has 136 valence electrons. The summed E-state index contributed by atoms with van der Waals surface area (Å²) < 4.78 is 11.3. The van der Waals surface area contributed by atoms with E-state index in [-0.39, 0.29) is 6.09 Å². The van der Waals surface area contributed by atoms with E-state index in [1.54, 1.807) is 17.0 Å². The Morgan fingerprint density at radius 3 is 2.46 bits per heavy atom. The van der Waals surface area contributed by atoms with E-state index in [4.69, 9.17) is 9.47 Å². The minimum absolute atomic E-state index is 0.338. The number of rotatable bonds is 2. The Balaban J connectivity index is 1.85. The van der Waals surface area contributed by atoms with Crippen LogP contribution in [0.4, 0.5) is 4.79 Å². The summed E-state index contributed by atoms with van der Waals surface area (Å²) in [5, 5.41) is 0. The predicted molar refractivity (Wildman–Crippen MR) is 99.4 cm³/mol. The number of benzene rings is 2. The molecule has 0 saturated carbocycles. The minimum atomic E-state index is -0.532. The smallest absolute Gasteiger partial charge is 0.410 e. The summed E-state index contributed by atoms with van der Waals surface area (Å²) in [5.41, 5.74) is 3.06. The molecule has 0 saturated heterocycles. The van der Waals surface area contributed by atoms with Crippen molar-refractivity contribution in [3.63, 3.8) is 0 Å². The Labute approximate surface area is 153 Å². The summed E-state index contributed by atoms with van der Waals surface area (Å²) in [6.45, 7) is 6.91. The molecule has 0 radical (unpaired) electrons. The number of nitrogens with zero attached hydrogens (tertiary/aromatic N) is 1. The largest absolute Gasteiger partial charge is 0.491 e. The lowest BCUT2D eigenvalue weighted by Crippen LogP contribution is -2.37. The number of hydrogen-bond donors (Lipinski definition) is 0. The zero-order chi connectivity index (χ0) is 18.7. The van der Waals surface area contributed by atoms with Crippen molar-refractivity contribution in [2.24, 2.45) is 0 Å². The molecule has 1 aliphatic heterocycles. The lowest BCUT2D eigenvalue weighted by Gasteiger charge is -2.26. The predicted octanol–water partition coefficient (Wildman–Crippen LogP) is 4.30. The molecule has 3 rings (SSSR count). The normalized spacial score (nSPS) is 14.0. The Morgan fingerprint density at radius 2 is 1.81 bits per heavy atom. The van der Waals surface area contributed by atoms with Crippen LogP contribution in [0.2, 0.25) is 0 Å². The molecule has 1 aliphatic rings. The monoisotopic (exact) mass is 353 g/mol. The second-order valence-corrected chi connectivity index (χ2v) is 7.31. The van der Waals surface area contributed by atoms with Gasteiger partial charge in [-0.25, -0.2) is 4.79 Å². The van der Waals surface area contributed by atoms with Crippen molar-refractivity contribution in [2.75, 3.05) is 13.2 Å². The summed E-state index contributed by atoms with van der Waals surface area (Å²) in [4.78, 5) is 24.9. The van der Waals surface area contributed by atoms with E-state index in [1.807, 2.05) is 51.1 Å². The highest BCUT2D eigenvalue weighted by atomic mass is 16.6. The molecule has 1 heterocycles. The minimum Gasteiger partial charge on any atom is -0.491 e. The second kappa shape index (κ2) is 7.20. The molecule has 0 spiro atoms. The van der Waals surface area contributed by atoms with Gasteiger partial charge in [0, 0.05) is 11.1 Å². The van der Waals surface area contributed by atoms with Gasteiger partial charge in [-0.15, -0.1) is 0 Å². The molecule has 5 heteroatoms. The molecule has 0 bridgehead atoms. The first-order valence-corrected chi connectivity index (χ1v) is 8.65. The zero-order valence-corrected chi connectivity index (χ0v) is 15.3. The quantitative estimate of drug-likeness (QED) is 0.756. The molecule has 26 heavy (non-hydrogen) atoms. The molecule has 0 unspecified atom stereocenters. The van der Waals surface area contributed by atoms with Crippen LogP contribution < -0.4 is 4.74 Å². The van der Waals surface area contributed by atoms with Crippen LogP contribution in [0, 0.1) is 0 Å². The fourth-order valence-electron chi connectivity index (χ4n) is 2.81. The van der Waals surface area contributed by atoms with Crippen LogP contribution in [0.1, 0.15) is 36.7 Å². The molecule has 2 aromatic rings. The first-order chi connectivity index (χ1) is 12.4. The second-order valence-electron chi connectivity index (χ2n) is 7.31. The van der Waals surface area contributed by atoms with Gasteiger partial charge in [0.15, 0.2) is 0 Å². The summed E-state index contributed by atoms with van der Waals surface area (Å²) >= 11 is 0. The molecule has 2 aromatic carbocycles. The highest BCUT2D eigenvalue weighted by molar-refractivity contribution is 5.77. The van der Waals surface area contributed by atoms with Crippen molar-refractivity contribution in [1.82, 2.24) is 4.90 Å². The summed E-state index contributed by atoms with van der Waals surface area (Å²) in [5.74, 6) is 0.782. The van der Waals surface area contributed by atoms with E-state index in [0.29, 0.717) is 25.3 Å². The number of hydrogen-bond acceptors (Lipinski definition) is 4. The average molecular weight is 353 g/mol. The molecule has 0 atom stereocenters. The van der Waals surface area contributed by atoms with Gasteiger partial charge in [0.1, 0.15) is 24.2 Å². The van der Waals surface area contributed by atoms with Crippen LogP contribution in [0.3, 0.4) is 0 Å². The third-order valence-corrected chi connectivity index (χ3v) is 4.07. The zero-order valence-electron chi connectivity index (χ0n) is 15.3. The Kier molecular flexibility index (Phi) is 4.98. The van der Waals surface area contributed by atoms with E-state index in [9.17, 15) is 9.59 Å². The summed E-state index contributed by atoms with van der Waals surface area (Å²) in [6.07, 6.45) is 0.488. The van der Waals surface area contributed by atoms with E-state index in [2.05, 4.69) is 0 Å². The molecule has 0 aliphatic carbocycles. The average Bonchev–Trinajstić information content (AvgIpc) is 2.82. The number of fused-ring (bicyclic) bond motifs is 1. The Morgan fingerprint density at radius 1 is 1.12 bits per heavy atom. The van der Waals surface area contributed by atoms with Gasteiger partial charge < -0.3 is 14.4 Å². The molecule has 0 N–H and O–H groups in total. The lowest BCUT2D eigenvalue weighted by molar-refractivity contribution is 0.0225. The van der Waals surface area contributed by atoms with Crippen molar-refractivity contribution in [3.05, 3.63) is 53.6 Å². The SMILES string of the molecule is CC(C)(C)OC(=O)N1CCOc2ccc(-c3ccc(C=O)cc3)cc2C1. The number of carbonyl (C=O) groups excluding carboxylic acids is 2. The summed E-state index contributed by atoms with van der Waals surface area (Å²) in [7, 11) is 0. The van der Waals surface area contributed by atoms with Crippen molar-refractivity contribution >= 4 is 12.4 Å². The van der Waals surface area contributed by atoms with Crippen molar-refractivity contribution in [1.29, 1.82) is 0 Å². The maximum atomic E-state index is 12.4. The molecule has 0 aromatic heterocycles. The fraction of sp³-hybridized carbons (Fsp3) is 0.333. The first kappa shape index (κ1) is 18.0. The molecular formula is C21H23NO4. The van der Waals surface area contributed by atoms with Gasteiger partial charge >= 0.3 is 6.09 Å². The fourth-order valence-corrected chi connectivity index (χ4v) is 2.81. The molecule has 5 nitrogen and oxygen atoms in total. The Bertz CT molecular complexity index is 806. The third kappa shape index (κ3) is 4.23. The van der Waals surface area contributed by atoms with E-state index in [0.717, 1.165) is 28.7 Å². The van der Waals surface area contributed by atoms with Gasteiger partial charge in [-0.2, -0.15) is 0 Å². The van der Waals surface area contributed by atoms with E-state index in [1.165, 1.54) is 0 Å². The number of amides is 1. The Hall–Kier alpha value is -2.82. The molecular weight excluding hydrogens is 330 g/mol. The lowest BCUT2D eigenvalue weighted by atomic mass is 10.0. The maximum absolute atomic E-state index is 12.4. The van der Waals surface area contributed by atoms with Gasteiger partial charge in [0.2, 0.25) is 0 Å². The summed E-state index contributed by atoms with van der Waals surface area (Å²) in [6, 6.07) is 13.3. The van der Waals surface area contributed by atoms with E-state index >= 15 is 0 Å². The van der Waals surface area contributed by atoms with Gasteiger partial charge in [-0.1, -0.05) is 30.3 Å². The van der Waals surface area contributed by atoms with E-state index < -0.39 is 5.60 Å². The standard InChI is InChI=1S/C21H23NO4/c1-21(2,3)26-20(24)22-10-11-25-19-9-8-17(12-18(19)13-22)16-6-4-15(14-23)5-7-16/h4-9,12,14H,10-11,13H2,1-3H3. The number of carbonyl (C=O) groups is 2. The van der Waals surface area contributed by atoms with Crippen molar-refractivity contribution < 1.29 is 19.1 Å². The van der Waals surface area contributed by atoms with Crippen LogP contribution in [0.15, 0.2) is 42.5 Å². The highest BCUT2D eigenvalue weighted by Crippen LogP contribution is 2.30. The van der Waals surface area contributed by atoms with Gasteiger partial charge in [-0.3, -0.25) is 4.79 Å². The van der Waals surface area contributed by atoms with Gasteiger partial charge in [-0.05, 0) is 44.0 Å². The molecule has 0 fully saturated rings. The maximum Gasteiger partial charge on any atom is 0.410 e. The van der Waals surface area contributed by atoms with Gasteiger partial charge in [0.25, 0.3) is 0 Å². The van der Waals surface area contributed by atoms with Crippen LogP contribution in [0.25, 0.3) is 11.1 Å². The van der Waals surface area contributed by atoms with Crippen molar-refractivity contribution in [3.8, 4) is 16.9 Å². The van der Waals surface area contributed by atoms with Crippen LogP contribution in [-0.4, -0.2) is 36.0 Å².